The zero-order chi connectivity index (χ0) is 26.9. The minimum absolute atomic E-state index is 0.203. The van der Waals surface area contributed by atoms with Gasteiger partial charge in [0.25, 0.3) is 10.1 Å². The molecule has 1 aliphatic rings. The van der Waals surface area contributed by atoms with Gasteiger partial charge in [0.05, 0.1) is 17.5 Å². The molecule has 0 spiro atoms. The molecule has 0 radical (unpaired) electrons. The number of hydrogen-bond donors (Lipinski definition) is 3. The summed E-state index contributed by atoms with van der Waals surface area (Å²) < 4.78 is 27.9. The van der Waals surface area contributed by atoms with Crippen molar-refractivity contribution in [3.8, 4) is 28.3 Å². The fourth-order valence-corrected chi connectivity index (χ4v) is 4.55. The minimum Gasteiger partial charge on any atom is -0.383 e. The predicted octanol–water partition coefficient (Wildman–Crippen LogP) is 4.57. The van der Waals surface area contributed by atoms with E-state index in [1.54, 1.807) is 6.20 Å². The summed E-state index contributed by atoms with van der Waals surface area (Å²) in [5.41, 5.74) is 19.0. The second-order valence-corrected chi connectivity index (χ2v) is 10.9. The van der Waals surface area contributed by atoms with Crippen LogP contribution in [0.1, 0.15) is 24.8 Å². The van der Waals surface area contributed by atoms with E-state index >= 15 is 0 Å². The van der Waals surface area contributed by atoms with Gasteiger partial charge in [0.2, 0.25) is 0 Å². The molecule has 38 heavy (non-hydrogen) atoms. The molecule has 0 atom stereocenters. The molecule has 10 heteroatoms. The molecule has 3 aromatic heterocycles. The number of aromatic nitrogens is 4. The molecule has 5 N–H and O–H groups in total. The van der Waals surface area contributed by atoms with Crippen LogP contribution in [-0.2, 0) is 15.7 Å². The van der Waals surface area contributed by atoms with Crippen LogP contribution in [0, 0.1) is 0 Å². The molecule has 1 fully saturated rings. The molecule has 1 aliphatic carbocycles. The summed E-state index contributed by atoms with van der Waals surface area (Å²) in [5, 5.41) is 0. The highest BCUT2D eigenvalue weighted by Gasteiger charge is 2.34. The fraction of sp³-hybridized carbons (Fsp3) is 0.179. The van der Waals surface area contributed by atoms with Crippen LogP contribution in [0.3, 0.4) is 0 Å². The van der Waals surface area contributed by atoms with Crippen LogP contribution in [0.2, 0.25) is 0 Å². The number of nitrogens with zero attached hydrogens (tertiary/aromatic N) is 4. The number of rotatable bonds is 4. The van der Waals surface area contributed by atoms with Gasteiger partial charge >= 0.3 is 0 Å². The summed E-state index contributed by atoms with van der Waals surface area (Å²) in [4.78, 5) is 14.2. The number of fused-ring (bicyclic) bond motifs is 1. The van der Waals surface area contributed by atoms with Crippen LogP contribution in [0.4, 0.5) is 5.82 Å². The van der Waals surface area contributed by atoms with Crippen molar-refractivity contribution in [3.63, 3.8) is 0 Å². The third kappa shape index (κ3) is 5.28. The molecule has 0 saturated heterocycles. The first-order valence-electron chi connectivity index (χ1n) is 12.1. The summed E-state index contributed by atoms with van der Waals surface area (Å²) in [5.74, 6) is 1.15. The number of nitrogens with two attached hydrogens (primary N) is 2. The highest BCUT2D eigenvalue weighted by atomic mass is 32.2. The van der Waals surface area contributed by atoms with Gasteiger partial charge in [-0.3, -0.25) is 9.12 Å². The molecule has 0 bridgehead atoms. The highest BCUT2D eigenvalue weighted by molar-refractivity contribution is 7.85. The number of hydrogen-bond acceptors (Lipinski definition) is 7. The lowest BCUT2D eigenvalue weighted by Gasteiger charge is -2.38. The zero-order valence-corrected chi connectivity index (χ0v) is 21.6. The number of pyridine rings is 2. The van der Waals surface area contributed by atoms with Crippen molar-refractivity contribution >= 4 is 27.1 Å². The SMILES string of the molecule is CS(=O)(=O)O.Nc1ncccc1-c1nc2ccc(-c3ccccc3)nc2n1-c1ccc(C2(N)CCC2)cc1. The third-order valence-electron chi connectivity index (χ3n) is 6.60. The molecule has 2 aromatic carbocycles. The lowest BCUT2D eigenvalue weighted by Crippen LogP contribution is -2.43. The minimum atomic E-state index is -3.67. The summed E-state index contributed by atoms with van der Waals surface area (Å²) in [6.45, 7) is 0. The van der Waals surface area contributed by atoms with E-state index in [9.17, 15) is 8.42 Å². The largest absolute Gasteiger partial charge is 0.383 e. The standard InChI is InChI=1S/C27H24N6.CH4O3S/c28-24-21(8-4-17-30-24)25-32-23-14-13-22(18-6-2-1-3-7-18)31-26(23)33(25)20-11-9-19(10-12-20)27(29)15-5-16-27;1-5(2,3)4/h1-4,6-14,17H,5,15-16,29H2,(H2,28,30);1H3,(H,2,3,4). The van der Waals surface area contributed by atoms with Gasteiger partial charge in [-0.1, -0.05) is 42.5 Å². The van der Waals surface area contributed by atoms with E-state index in [0.29, 0.717) is 17.9 Å². The molecule has 5 aromatic rings. The van der Waals surface area contributed by atoms with Crippen LogP contribution in [0.15, 0.2) is 85.1 Å². The Morgan fingerprint density at radius 3 is 2.21 bits per heavy atom. The Morgan fingerprint density at radius 2 is 1.61 bits per heavy atom. The Morgan fingerprint density at radius 1 is 0.921 bits per heavy atom. The summed E-state index contributed by atoms with van der Waals surface area (Å²) in [6, 6.07) is 26.4. The molecule has 194 valence electrons. The van der Waals surface area contributed by atoms with Crippen molar-refractivity contribution in [1.82, 2.24) is 19.5 Å². The lowest BCUT2D eigenvalue weighted by molar-refractivity contribution is 0.253. The van der Waals surface area contributed by atoms with Crippen molar-refractivity contribution in [2.45, 2.75) is 24.8 Å². The van der Waals surface area contributed by atoms with Gasteiger partial charge in [0, 0.05) is 23.0 Å². The van der Waals surface area contributed by atoms with E-state index in [4.69, 9.17) is 26.0 Å². The van der Waals surface area contributed by atoms with Crippen LogP contribution in [0.5, 0.6) is 0 Å². The van der Waals surface area contributed by atoms with E-state index in [2.05, 4.69) is 45.9 Å². The molecular weight excluding hydrogens is 500 g/mol. The Balaban J connectivity index is 0.000000540. The molecule has 9 nitrogen and oxygen atoms in total. The summed E-state index contributed by atoms with van der Waals surface area (Å²) >= 11 is 0. The normalized spacial score (nSPS) is 14.4. The molecule has 0 unspecified atom stereocenters. The molecule has 1 saturated carbocycles. The average molecular weight is 529 g/mol. The quantitative estimate of drug-likeness (QED) is 0.287. The van der Waals surface area contributed by atoms with Crippen molar-refractivity contribution in [2.75, 3.05) is 12.0 Å². The predicted molar refractivity (Wildman–Crippen MR) is 149 cm³/mol. The third-order valence-corrected chi connectivity index (χ3v) is 6.60. The Hall–Kier alpha value is -4.12. The van der Waals surface area contributed by atoms with Gasteiger partial charge < -0.3 is 11.5 Å². The van der Waals surface area contributed by atoms with E-state index in [1.807, 2.05) is 42.5 Å². The van der Waals surface area contributed by atoms with Gasteiger partial charge in [0.1, 0.15) is 11.3 Å². The summed E-state index contributed by atoms with van der Waals surface area (Å²) in [7, 11) is -3.67. The summed E-state index contributed by atoms with van der Waals surface area (Å²) in [6.07, 6.45) is 5.64. The number of nitrogen functional groups attached to an aromatic ring is 1. The van der Waals surface area contributed by atoms with Gasteiger partial charge in [-0.25, -0.2) is 15.0 Å². The number of benzene rings is 2. The average Bonchev–Trinajstić information content (AvgIpc) is 3.26. The van der Waals surface area contributed by atoms with Gasteiger partial charge in [-0.15, -0.1) is 0 Å². The molecule has 0 amide bonds. The first kappa shape index (κ1) is 25.5. The fourth-order valence-electron chi connectivity index (χ4n) is 4.55. The molecule has 3 heterocycles. The van der Waals surface area contributed by atoms with Crippen molar-refractivity contribution < 1.29 is 13.0 Å². The maximum Gasteiger partial charge on any atom is 0.261 e. The van der Waals surface area contributed by atoms with Crippen LogP contribution in [0.25, 0.3) is 39.5 Å². The Kier molecular flexibility index (Phi) is 6.70. The van der Waals surface area contributed by atoms with Crippen molar-refractivity contribution in [3.05, 3.63) is 90.6 Å². The van der Waals surface area contributed by atoms with E-state index in [-0.39, 0.29) is 5.54 Å². The second kappa shape index (κ2) is 9.97. The van der Waals surface area contributed by atoms with E-state index in [1.165, 1.54) is 12.0 Å². The highest BCUT2D eigenvalue weighted by Crippen LogP contribution is 2.39. The smallest absolute Gasteiger partial charge is 0.261 e. The van der Waals surface area contributed by atoms with E-state index < -0.39 is 10.1 Å². The van der Waals surface area contributed by atoms with Gasteiger partial charge in [-0.2, -0.15) is 8.42 Å². The van der Waals surface area contributed by atoms with Gasteiger partial charge in [0.15, 0.2) is 11.5 Å². The first-order valence-corrected chi connectivity index (χ1v) is 14.0. The number of anilines is 1. The van der Waals surface area contributed by atoms with Crippen LogP contribution < -0.4 is 11.5 Å². The van der Waals surface area contributed by atoms with Crippen LogP contribution in [-0.4, -0.2) is 38.7 Å². The molecule has 6 rings (SSSR count). The van der Waals surface area contributed by atoms with Crippen molar-refractivity contribution in [1.29, 1.82) is 0 Å². The Bertz CT molecular complexity index is 1690. The Labute approximate surface area is 220 Å². The van der Waals surface area contributed by atoms with Crippen molar-refractivity contribution in [2.24, 2.45) is 5.73 Å². The zero-order valence-electron chi connectivity index (χ0n) is 20.8. The maximum atomic E-state index is 9.19. The lowest BCUT2D eigenvalue weighted by atomic mass is 9.73. The maximum absolute atomic E-state index is 9.19. The topological polar surface area (TPSA) is 150 Å². The molecule has 0 aliphatic heterocycles. The first-order chi connectivity index (χ1) is 18.1. The number of imidazole rings is 1. The monoisotopic (exact) mass is 528 g/mol. The van der Waals surface area contributed by atoms with E-state index in [0.717, 1.165) is 46.5 Å². The molecular formula is C28H28N6O3S. The van der Waals surface area contributed by atoms with Gasteiger partial charge in [-0.05, 0) is 61.2 Å². The van der Waals surface area contributed by atoms with Crippen LogP contribution >= 0.6 is 0 Å². The second-order valence-electron chi connectivity index (χ2n) is 9.40.